The predicted molar refractivity (Wildman–Crippen MR) is 81.2 cm³/mol. The standard InChI is InChI=1S/C17H28O3/c1-7-19-17(18)10-20-14-8-15(11(2)3)13(6)16(9-14)12(4)5/h8,11-12,16H,7,9-10H2,1-6H3. The van der Waals surface area contributed by atoms with Crippen LogP contribution in [0.5, 0.6) is 0 Å². The van der Waals surface area contributed by atoms with Gasteiger partial charge in [-0.1, -0.05) is 33.3 Å². The van der Waals surface area contributed by atoms with Crippen LogP contribution in [0.3, 0.4) is 0 Å². The molecule has 20 heavy (non-hydrogen) atoms. The van der Waals surface area contributed by atoms with Crippen molar-refractivity contribution in [1.29, 1.82) is 0 Å². The molecule has 0 N–H and O–H groups in total. The van der Waals surface area contributed by atoms with Gasteiger partial charge in [0.15, 0.2) is 6.61 Å². The quantitative estimate of drug-likeness (QED) is 0.687. The number of allylic oxidation sites excluding steroid dienone is 4. The molecule has 0 spiro atoms. The molecule has 0 radical (unpaired) electrons. The highest BCUT2D eigenvalue weighted by atomic mass is 16.6. The number of ether oxygens (including phenoxy) is 2. The van der Waals surface area contributed by atoms with E-state index in [0.29, 0.717) is 24.4 Å². The van der Waals surface area contributed by atoms with E-state index >= 15 is 0 Å². The van der Waals surface area contributed by atoms with Crippen LogP contribution in [0.1, 0.15) is 48.0 Å². The van der Waals surface area contributed by atoms with E-state index in [1.165, 1.54) is 11.1 Å². The Kier molecular flexibility index (Phi) is 6.31. The second kappa shape index (κ2) is 7.51. The Balaban J connectivity index is 2.82. The lowest BCUT2D eigenvalue weighted by Crippen LogP contribution is -2.20. The van der Waals surface area contributed by atoms with Crippen LogP contribution in [-0.4, -0.2) is 19.2 Å². The van der Waals surface area contributed by atoms with Crippen molar-refractivity contribution in [2.24, 2.45) is 17.8 Å². The maximum atomic E-state index is 11.4. The summed E-state index contributed by atoms with van der Waals surface area (Å²) in [6.45, 7) is 13.3. The van der Waals surface area contributed by atoms with Crippen LogP contribution < -0.4 is 0 Å². The summed E-state index contributed by atoms with van der Waals surface area (Å²) in [7, 11) is 0. The molecule has 0 aromatic carbocycles. The third-order valence-corrected chi connectivity index (χ3v) is 3.86. The van der Waals surface area contributed by atoms with Crippen molar-refractivity contribution in [2.75, 3.05) is 13.2 Å². The molecular formula is C17H28O3. The van der Waals surface area contributed by atoms with Crippen molar-refractivity contribution in [3.05, 3.63) is 23.0 Å². The van der Waals surface area contributed by atoms with Gasteiger partial charge in [-0.05, 0) is 43.3 Å². The van der Waals surface area contributed by atoms with Gasteiger partial charge in [-0.3, -0.25) is 0 Å². The Morgan fingerprint density at radius 1 is 1.35 bits per heavy atom. The number of carbonyl (C=O) groups is 1. The van der Waals surface area contributed by atoms with E-state index in [2.05, 4.69) is 40.7 Å². The minimum absolute atomic E-state index is 0.00884. The number of hydrogen-bond donors (Lipinski definition) is 0. The van der Waals surface area contributed by atoms with Gasteiger partial charge < -0.3 is 9.47 Å². The molecule has 1 aliphatic carbocycles. The summed E-state index contributed by atoms with van der Waals surface area (Å²) in [6, 6.07) is 0. The van der Waals surface area contributed by atoms with Gasteiger partial charge in [-0.15, -0.1) is 0 Å². The minimum Gasteiger partial charge on any atom is -0.486 e. The van der Waals surface area contributed by atoms with Crippen LogP contribution >= 0.6 is 0 Å². The minimum atomic E-state index is -0.299. The lowest BCUT2D eigenvalue weighted by molar-refractivity contribution is -0.147. The van der Waals surface area contributed by atoms with E-state index in [0.717, 1.165) is 12.2 Å². The fraction of sp³-hybridized carbons (Fsp3) is 0.706. The summed E-state index contributed by atoms with van der Waals surface area (Å²) < 4.78 is 10.6. The monoisotopic (exact) mass is 280 g/mol. The molecule has 3 nitrogen and oxygen atoms in total. The van der Waals surface area contributed by atoms with Gasteiger partial charge in [0.25, 0.3) is 0 Å². The van der Waals surface area contributed by atoms with Crippen LogP contribution in [0.4, 0.5) is 0 Å². The number of rotatable bonds is 6. The average molecular weight is 280 g/mol. The van der Waals surface area contributed by atoms with Crippen molar-refractivity contribution >= 4 is 5.97 Å². The highest BCUT2D eigenvalue weighted by Crippen LogP contribution is 2.37. The summed E-state index contributed by atoms with van der Waals surface area (Å²) >= 11 is 0. The molecule has 0 saturated heterocycles. The first-order valence-electron chi connectivity index (χ1n) is 7.56. The van der Waals surface area contributed by atoms with Gasteiger partial charge >= 0.3 is 5.97 Å². The van der Waals surface area contributed by atoms with Gasteiger partial charge in [-0.25, -0.2) is 4.79 Å². The van der Waals surface area contributed by atoms with Crippen molar-refractivity contribution in [3.8, 4) is 0 Å². The maximum Gasteiger partial charge on any atom is 0.344 e. The van der Waals surface area contributed by atoms with Gasteiger partial charge in [-0.2, -0.15) is 0 Å². The molecule has 0 aromatic heterocycles. The molecule has 0 fully saturated rings. The molecule has 0 amide bonds. The fourth-order valence-corrected chi connectivity index (χ4v) is 2.74. The maximum absolute atomic E-state index is 11.4. The second-order valence-electron chi connectivity index (χ2n) is 6.05. The Hall–Kier alpha value is -1.25. The highest BCUT2D eigenvalue weighted by molar-refractivity contribution is 5.70. The lowest BCUT2D eigenvalue weighted by atomic mass is 9.77. The van der Waals surface area contributed by atoms with Crippen molar-refractivity contribution in [3.63, 3.8) is 0 Å². The lowest BCUT2D eigenvalue weighted by Gasteiger charge is -2.30. The topological polar surface area (TPSA) is 35.5 Å². The van der Waals surface area contributed by atoms with E-state index in [9.17, 15) is 4.79 Å². The zero-order chi connectivity index (χ0) is 15.3. The van der Waals surface area contributed by atoms with Crippen LogP contribution in [0.2, 0.25) is 0 Å². The molecule has 0 bridgehead atoms. The fourth-order valence-electron chi connectivity index (χ4n) is 2.74. The SMILES string of the molecule is CCOC(=O)COC1=CC(C(C)C)=C(C)C(C(C)C)C1. The first kappa shape index (κ1) is 16.8. The first-order valence-corrected chi connectivity index (χ1v) is 7.56. The molecule has 3 heteroatoms. The smallest absolute Gasteiger partial charge is 0.344 e. The molecule has 0 aromatic rings. The normalized spacial score (nSPS) is 19.4. The van der Waals surface area contributed by atoms with Gasteiger partial charge in [0.1, 0.15) is 0 Å². The molecule has 1 rings (SSSR count). The highest BCUT2D eigenvalue weighted by Gasteiger charge is 2.26. The summed E-state index contributed by atoms with van der Waals surface area (Å²) in [5, 5.41) is 0. The largest absolute Gasteiger partial charge is 0.486 e. The third-order valence-electron chi connectivity index (χ3n) is 3.86. The first-order chi connectivity index (χ1) is 9.36. The van der Waals surface area contributed by atoms with Crippen LogP contribution in [0, 0.1) is 17.8 Å². The molecular weight excluding hydrogens is 252 g/mol. The van der Waals surface area contributed by atoms with E-state index in [4.69, 9.17) is 9.47 Å². The van der Waals surface area contributed by atoms with Crippen molar-refractivity contribution in [1.82, 2.24) is 0 Å². The Bertz CT molecular complexity index is 402. The molecule has 0 heterocycles. The number of esters is 1. The Morgan fingerprint density at radius 2 is 2.00 bits per heavy atom. The molecule has 0 saturated carbocycles. The predicted octanol–water partition coefficient (Wildman–Crippen LogP) is 4.10. The molecule has 0 aliphatic heterocycles. The molecule has 1 unspecified atom stereocenters. The van der Waals surface area contributed by atoms with Gasteiger partial charge in [0, 0.05) is 6.42 Å². The van der Waals surface area contributed by atoms with E-state index in [1.807, 2.05) is 0 Å². The second-order valence-corrected chi connectivity index (χ2v) is 6.05. The van der Waals surface area contributed by atoms with E-state index < -0.39 is 0 Å². The average Bonchev–Trinajstić information content (AvgIpc) is 2.37. The Labute approximate surface area is 123 Å². The molecule has 114 valence electrons. The van der Waals surface area contributed by atoms with Crippen LogP contribution in [0.25, 0.3) is 0 Å². The van der Waals surface area contributed by atoms with Crippen molar-refractivity contribution < 1.29 is 14.3 Å². The third kappa shape index (κ3) is 4.39. The summed E-state index contributed by atoms with van der Waals surface area (Å²) in [4.78, 5) is 11.4. The Morgan fingerprint density at radius 3 is 2.50 bits per heavy atom. The van der Waals surface area contributed by atoms with Gasteiger partial charge in [0.05, 0.1) is 12.4 Å². The summed E-state index contributed by atoms with van der Waals surface area (Å²) in [5.41, 5.74) is 2.80. The summed E-state index contributed by atoms with van der Waals surface area (Å²) in [5.74, 6) is 2.14. The zero-order valence-corrected chi connectivity index (χ0v) is 13.7. The van der Waals surface area contributed by atoms with Crippen LogP contribution in [-0.2, 0) is 14.3 Å². The van der Waals surface area contributed by atoms with E-state index in [1.54, 1.807) is 6.92 Å². The van der Waals surface area contributed by atoms with Crippen molar-refractivity contribution in [2.45, 2.75) is 48.0 Å². The number of carbonyl (C=O) groups excluding carboxylic acids is 1. The summed E-state index contributed by atoms with van der Waals surface area (Å²) in [6.07, 6.45) is 2.98. The molecule has 1 atom stereocenters. The number of hydrogen-bond acceptors (Lipinski definition) is 3. The van der Waals surface area contributed by atoms with Crippen LogP contribution in [0.15, 0.2) is 23.0 Å². The molecule has 1 aliphatic rings. The van der Waals surface area contributed by atoms with E-state index in [-0.39, 0.29) is 12.6 Å². The zero-order valence-electron chi connectivity index (χ0n) is 13.7. The van der Waals surface area contributed by atoms with Gasteiger partial charge in [0.2, 0.25) is 0 Å².